The molecular formula is C17H14FNO2S. The van der Waals surface area contributed by atoms with Crippen molar-refractivity contribution in [1.82, 2.24) is 4.98 Å². The second-order valence-electron chi connectivity index (χ2n) is 4.81. The van der Waals surface area contributed by atoms with Gasteiger partial charge in [-0.3, -0.25) is 4.79 Å². The number of hydrogen-bond acceptors (Lipinski definition) is 4. The van der Waals surface area contributed by atoms with Crippen LogP contribution in [0.3, 0.4) is 0 Å². The van der Waals surface area contributed by atoms with Crippen molar-refractivity contribution in [1.29, 1.82) is 0 Å². The van der Waals surface area contributed by atoms with Crippen LogP contribution in [-0.4, -0.2) is 17.6 Å². The van der Waals surface area contributed by atoms with Crippen molar-refractivity contribution in [3.63, 3.8) is 0 Å². The van der Waals surface area contributed by atoms with Gasteiger partial charge in [0.25, 0.3) is 0 Å². The van der Waals surface area contributed by atoms with Gasteiger partial charge >= 0.3 is 5.97 Å². The summed E-state index contributed by atoms with van der Waals surface area (Å²) in [7, 11) is 0. The van der Waals surface area contributed by atoms with Crippen LogP contribution in [0.1, 0.15) is 12.5 Å². The van der Waals surface area contributed by atoms with Crippen LogP contribution in [0.5, 0.6) is 0 Å². The minimum absolute atomic E-state index is 0.237. The highest BCUT2D eigenvalue weighted by molar-refractivity contribution is 7.21. The van der Waals surface area contributed by atoms with E-state index in [-0.39, 0.29) is 18.2 Å². The molecule has 0 N–H and O–H groups in total. The van der Waals surface area contributed by atoms with Crippen molar-refractivity contribution in [3.8, 4) is 10.6 Å². The molecule has 1 heterocycles. The Kier molecular flexibility index (Phi) is 4.15. The summed E-state index contributed by atoms with van der Waals surface area (Å²) in [5.41, 5.74) is 2.57. The summed E-state index contributed by atoms with van der Waals surface area (Å²) in [6, 6.07) is 12.2. The van der Waals surface area contributed by atoms with E-state index < -0.39 is 0 Å². The zero-order valence-corrected chi connectivity index (χ0v) is 12.8. The number of ether oxygens (including phenoxy) is 1. The zero-order chi connectivity index (χ0) is 15.5. The second-order valence-corrected chi connectivity index (χ2v) is 5.84. The Balaban J connectivity index is 1.91. The van der Waals surface area contributed by atoms with Crippen molar-refractivity contribution in [2.24, 2.45) is 0 Å². The third-order valence-corrected chi connectivity index (χ3v) is 4.25. The molecule has 0 unspecified atom stereocenters. The molecule has 0 atom stereocenters. The first-order valence-electron chi connectivity index (χ1n) is 6.96. The standard InChI is InChI=1S/C17H14FNO2S/c1-2-21-16(20)9-11-4-3-5-12(8-11)17-19-14-7-6-13(18)10-15(14)22-17/h3-8,10H,2,9H2,1H3. The molecule has 3 nitrogen and oxygen atoms in total. The predicted molar refractivity (Wildman–Crippen MR) is 85.4 cm³/mol. The van der Waals surface area contributed by atoms with E-state index >= 15 is 0 Å². The summed E-state index contributed by atoms with van der Waals surface area (Å²) < 4.78 is 19.0. The highest BCUT2D eigenvalue weighted by Gasteiger charge is 2.09. The largest absolute Gasteiger partial charge is 0.466 e. The maximum absolute atomic E-state index is 13.3. The molecule has 0 fully saturated rings. The van der Waals surface area contributed by atoms with E-state index in [1.54, 1.807) is 13.0 Å². The number of nitrogens with zero attached hydrogens (tertiary/aromatic N) is 1. The monoisotopic (exact) mass is 315 g/mol. The zero-order valence-electron chi connectivity index (χ0n) is 12.0. The Bertz CT molecular complexity index is 828. The van der Waals surface area contributed by atoms with E-state index in [1.165, 1.54) is 23.5 Å². The minimum Gasteiger partial charge on any atom is -0.466 e. The predicted octanol–water partition coefficient (Wildman–Crippen LogP) is 4.21. The minimum atomic E-state index is -0.265. The van der Waals surface area contributed by atoms with Gasteiger partial charge in [0.1, 0.15) is 10.8 Å². The normalized spacial score (nSPS) is 10.8. The summed E-state index contributed by atoms with van der Waals surface area (Å²) >= 11 is 1.44. The van der Waals surface area contributed by atoms with Gasteiger partial charge in [0.2, 0.25) is 0 Å². The van der Waals surface area contributed by atoms with Crippen molar-refractivity contribution >= 4 is 27.5 Å². The topological polar surface area (TPSA) is 39.2 Å². The van der Waals surface area contributed by atoms with Gasteiger partial charge in [-0.15, -0.1) is 11.3 Å². The summed E-state index contributed by atoms with van der Waals surface area (Å²) in [5.74, 6) is -0.509. The Morgan fingerprint density at radius 1 is 1.27 bits per heavy atom. The maximum atomic E-state index is 13.3. The van der Waals surface area contributed by atoms with Crippen LogP contribution < -0.4 is 0 Å². The Labute approximate surface area is 131 Å². The third-order valence-electron chi connectivity index (χ3n) is 3.18. The molecule has 0 bridgehead atoms. The molecule has 0 aliphatic carbocycles. The van der Waals surface area contributed by atoms with Crippen LogP contribution in [-0.2, 0) is 16.0 Å². The van der Waals surface area contributed by atoms with Gasteiger partial charge in [0.05, 0.1) is 23.2 Å². The van der Waals surface area contributed by atoms with Gasteiger partial charge in [-0.25, -0.2) is 9.37 Å². The molecule has 3 rings (SSSR count). The fraction of sp³-hybridized carbons (Fsp3) is 0.176. The van der Waals surface area contributed by atoms with Gasteiger partial charge in [0, 0.05) is 5.56 Å². The highest BCUT2D eigenvalue weighted by Crippen LogP contribution is 2.31. The van der Waals surface area contributed by atoms with Crippen LogP contribution in [0.2, 0.25) is 0 Å². The first-order chi connectivity index (χ1) is 10.7. The Morgan fingerprint density at radius 3 is 2.95 bits per heavy atom. The van der Waals surface area contributed by atoms with Crippen LogP contribution >= 0.6 is 11.3 Å². The van der Waals surface area contributed by atoms with Crippen molar-refractivity contribution in [2.45, 2.75) is 13.3 Å². The first kappa shape index (κ1) is 14.7. The van der Waals surface area contributed by atoms with Crippen molar-refractivity contribution in [3.05, 3.63) is 53.8 Å². The molecule has 0 saturated carbocycles. The number of hydrogen-bond donors (Lipinski definition) is 0. The van der Waals surface area contributed by atoms with Crippen LogP contribution in [0.25, 0.3) is 20.8 Å². The van der Waals surface area contributed by atoms with Crippen LogP contribution in [0, 0.1) is 5.82 Å². The quantitative estimate of drug-likeness (QED) is 0.677. The Morgan fingerprint density at radius 2 is 2.14 bits per heavy atom. The smallest absolute Gasteiger partial charge is 0.310 e. The molecule has 112 valence electrons. The van der Waals surface area contributed by atoms with E-state index in [9.17, 15) is 9.18 Å². The molecule has 0 aliphatic heterocycles. The highest BCUT2D eigenvalue weighted by atomic mass is 32.1. The molecule has 22 heavy (non-hydrogen) atoms. The van der Waals surface area contributed by atoms with Crippen LogP contribution in [0.4, 0.5) is 4.39 Å². The summed E-state index contributed by atoms with van der Waals surface area (Å²) in [6.07, 6.45) is 0.237. The second kappa shape index (κ2) is 6.23. The van der Waals surface area contributed by atoms with Gasteiger partial charge in [-0.05, 0) is 36.8 Å². The molecule has 0 radical (unpaired) electrons. The molecule has 0 saturated heterocycles. The fourth-order valence-electron chi connectivity index (χ4n) is 2.21. The first-order valence-corrected chi connectivity index (χ1v) is 7.78. The molecule has 0 aliphatic rings. The Hall–Kier alpha value is -2.27. The lowest BCUT2D eigenvalue weighted by Crippen LogP contribution is -2.07. The van der Waals surface area contributed by atoms with Gasteiger partial charge in [-0.2, -0.15) is 0 Å². The van der Waals surface area contributed by atoms with E-state index in [0.29, 0.717) is 6.61 Å². The van der Waals surface area contributed by atoms with Crippen molar-refractivity contribution < 1.29 is 13.9 Å². The third kappa shape index (κ3) is 3.14. The lowest BCUT2D eigenvalue weighted by Gasteiger charge is -2.03. The maximum Gasteiger partial charge on any atom is 0.310 e. The van der Waals surface area contributed by atoms with Gasteiger partial charge in [0.15, 0.2) is 0 Å². The van der Waals surface area contributed by atoms with Gasteiger partial charge < -0.3 is 4.74 Å². The molecule has 3 aromatic rings. The fourth-order valence-corrected chi connectivity index (χ4v) is 3.20. The average Bonchev–Trinajstić information content (AvgIpc) is 2.90. The summed E-state index contributed by atoms with van der Waals surface area (Å²) in [5, 5.41) is 0.811. The number of thiazole rings is 1. The molecule has 0 amide bonds. The number of halogens is 1. The molecule has 2 aromatic carbocycles. The van der Waals surface area contributed by atoms with Crippen LogP contribution in [0.15, 0.2) is 42.5 Å². The number of carbonyl (C=O) groups excluding carboxylic acids is 1. The number of rotatable bonds is 4. The number of fused-ring (bicyclic) bond motifs is 1. The molecule has 5 heteroatoms. The number of carbonyl (C=O) groups is 1. The van der Waals surface area contributed by atoms with E-state index in [1.807, 2.05) is 24.3 Å². The van der Waals surface area contributed by atoms with E-state index in [2.05, 4.69) is 4.98 Å². The van der Waals surface area contributed by atoms with Gasteiger partial charge in [-0.1, -0.05) is 18.2 Å². The number of esters is 1. The molecular weight excluding hydrogens is 301 g/mol. The average molecular weight is 315 g/mol. The summed E-state index contributed by atoms with van der Waals surface area (Å²) in [6.45, 7) is 2.16. The van der Waals surface area contributed by atoms with E-state index in [0.717, 1.165) is 26.4 Å². The SMILES string of the molecule is CCOC(=O)Cc1cccc(-c2nc3ccc(F)cc3s2)c1. The molecule has 0 spiro atoms. The van der Waals surface area contributed by atoms with Crippen molar-refractivity contribution in [2.75, 3.05) is 6.61 Å². The lowest BCUT2D eigenvalue weighted by atomic mass is 10.1. The lowest BCUT2D eigenvalue weighted by molar-refractivity contribution is -0.142. The summed E-state index contributed by atoms with van der Waals surface area (Å²) in [4.78, 5) is 16.1. The molecule has 1 aromatic heterocycles. The number of aromatic nitrogens is 1. The number of benzene rings is 2. The van der Waals surface area contributed by atoms with E-state index in [4.69, 9.17) is 4.74 Å².